The highest BCUT2D eigenvalue weighted by molar-refractivity contribution is 6.97. The number of nitrogens with zero attached hydrogens (tertiary/aromatic N) is 1. The van der Waals surface area contributed by atoms with Gasteiger partial charge in [0.05, 0.1) is 11.0 Å². The van der Waals surface area contributed by atoms with Crippen molar-refractivity contribution in [3.8, 4) is 27.9 Å². The van der Waals surface area contributed by atoms with E-state index in [2.05, 4.69) is 162 Å². The molecule has 0 radical (unpaired) electrons. The van der Waals surface area contributed by atoms with Crippen LogP contribution in [-0.2, 0) is 0 Å². The SMILES string of the molecule is c1ccc2c(c1)-c1cc3oc4ccccc4c3cc1B(c1ccc(-n3c4ccccc4c4ccccc43)cc1)c1cc3c(cc1-2)oc1ccccc13. The summed E-state index contributed by atoms with van der Waals surface area (Å²) in [7, 11) is 0. The van der Waals surface area contributed by atoms with Gasteiger partial charge in [-0.1, -0.05) is 138 Å². The monoisotopic (exact) mass is 661 g/mol. The van der Waals surface area contributed by atoms with E-state index in [1.165, 1.54) is 60.4 Å². The molecule has 1 aliphatic heterocycles. The third-order valence-electron chi connectivity index (χ3n) is 11.3. The number of hydrogen-bond acceptors (Lipinski definition) is 2. The third kappa shape index (κ3) is 3.81. The first-order valence-corrected chi connectivity index (χ1v) is 17.9. The summed E-state index contributed by atoms with van der Waals surface area (Å²) < 4.78 is 15.4. The first-order valence-electron chi connectivity index (χ1n) is 17.9. The number of fused-ring (bicyclic) bond motifs is 14. The van der Waals surface area contributed by atoms with Gasteiger partial charge in [0.25, 0.3) is 0 Å². The lowest BCUT2D eigenvalue weighted by molar-refractivity contribution is 0.668. The molecule has 1 aliphatic rings. The molecule has 11 aromatic rings. The summed E-state index contributed by atoms with van der Waals surface area (Å²) in [5.74, 6) is 0. The average molecular weight is 662 g/mol. The van der Waals surface area contributed by atoms with E-state index in [-0.39, 0.29) is 6.71 Å². The predicted molar refractivity (Wildman–Crippen MR) is 217 cm³/mol. The topological polar surface area (TPSA) is 31.2 Å². The molecule has 0 spiro atoms. The van der Waals surface area contributed by atoms with Crippen LogP contribution in [0, 0.1) is 0 Å². The summed E-state index contributed by atoms with van der Waals surface area (Å²) in [6.07, 6.45) is 0. The normalized spacial score (nSPS) is 12.6. The van der Waals surface area contributed by atoms with E-state index < -0.39 is 0 Å². The van der Waals surface area contributed by atoms with E-state index in [1.54, 1.807) is 0 Å². The van der Waals surface area contributed by atoms with Crippen molar-refractivity contribution in [1.29, 1.82) is 0 Å². The van der Waals surface area contributed by atoms with Crippen molar-refractivity contribution in [2.45, 2.75) is 0 Å². The Kier molecular flexibility index (Phi) is 5.58. The number of benzene rings is 8. The van der Waals surface area contributed by atoms with Crippen LogP contribution >= 0.6 is 0 Å². The molecule has 8 aromatic carbocycles. The van der Waals surface area contributed by atoms with Gasteiger partial charge in [0, 0.05) is 38.0 Å². The molecule has 3 nitrogen and oxygen atoms in total. The molecule has 0 fully saturated rings. The third-order valence-corrected chi connectivity index (χ3v) is 11.3. The molecular weight excluding hydrogens is 633 g/mol. The molecule has 0 saturated heterocycles. The van der Waals surface area contributed by atoms with Crippen molar-refractivity contribution < 1.29 is 8.83 Å². The molecule has 4 heterocycles. The molecule has 240 valence electrons. The molecule has 12 rings (SSSR count). The summed E-state index contributed by atoms with van der Waals surface area (Å²) in [5.41, 5.74) is 15.7. The van der Waals surface area contributed by atoms with Gasteiger partial charge in [0.1, 0.15) is 22.3 Å². The molecule has 52 heavy (non-hydrogen) atoms. The maximum atomic E-state index is 6.50. The second-order valence-electron chi connectivity index (χ2n) is 14.0. The number of para-hydroxylation sites is 4. The van der Waals surface area contributed by atoms with Crippen molar-refractivity contribution >= 4 is 88.8 Å². The van der Waals surface area contributed by atoms with Crippen LogP contribution in [0.4, 0.5) is 0 Å². The van der Waals surface area contributed by atoms with Crippen LogP contribution in [0.1, 0.15) is 0 Å². The number of rotatable bonds is 2. The van der Waals surface area contributed by atoms with Crippen LogP contribution < -0.4 is 16.4 Å². The van der Waals surface area contributed by atoms with E-state index in [0.717, 1.165) is 49.6 Å². The quantitative estimate of drug-likeness (QED) is 0.173. The molecule has 0 N–H and O–H groups in total. The molecule has 0 atom stereocenters. The van der Waals surface area contributed by atoms with Gasteiger partial charge in [-0.15, -0.1) is 0 Å². The summed E-state index contributed by atoms with van der Waals surface area (Å²) >= 11 is 0. The van der Waals surface area contributed by atoms with Gasteiger partial charge in [0.2, 0.25) is 6.71 Å². The zero-order chi connectivity index (χ0) is 33.9. The van der Waals surface area contributed by atoms with Gasteiger partial charge >= 0.3 is 0 Å². The van der Waals surface area contributed by atoms with Crippen molar-refractivity contribution in [3.05, 3.63) is 170 Å². The summed E-state index contributed by atoms with van der Waals surface area (Å²) in [6, 6.07) is 61.5. The summed E-state index contributed by atoms with van der Waals surface area (Å²) in [6.45, 7) is -0.0549. The Balaban J connectivity index is 1.16. The zero-order valence-electron chi connectivity index (χ0n) is 28.0. The van der Waals surface area contributed by atoms with Gasteiger partial charge in [-0.2, -0.15) is 0 Å². The second-order valence-corrected chi connectivity index (χ2v) is 14.0. The van der Waals surface area contributed by atoms with E-state index in [0.29, 0.717) is 0 Å². The van der Waals surface area contributed by atoms with E-state index >= 15 is 0 Å². The second kappa shape index (κ2) is 10.4. The lowest BCUT2D eigenvalue weighted by Crippen LogP contribution is -2.52. The molecule has 4 heteroatoms. The fraction of sp³-hybridized carbons (Fsp3) is 0. The number of furan rings is 2. The maximum absolute atomic E-state index is 6.50. The zero-order valence-corrected chi connectivity index (χ0v) is 28.0. The molecule has 3 aromatic heterocycles. The van der Waals surface area contributed by atoms with Gasteiger partial charge in [-0.3, -0.25) is 0 Å². The maximum Gasteiger partial charge on any atom is 0.242 e. The minimum atomic E-state index is -0.0549. The van der Waals surface area contributed by atoms with Crippen LogP contribution in [0.5, 0.6) is 0 Å². The van der Waals surface area contributed by atoms with Crippen LogP contribution in [0.25, 0.3) is 93.6 Å². The van der Waals surface area contributed by atoms with Crippen LogP contribution in [0.15, 0.2) is 179 Å². The summed E-state index contributed by atoms with van der Waals surface area (Å²) in [5, 5.41) is 7.07. The van der Waals surface area contributed by atoms with E-state index in [1.807, 2.05) is 12.1 Å². The van der Waals surface area contributed by atoms with Gasteiger partial charge in [-0.05, 0) is 70.8 Å². The van der Waals surface area contributed by atoms with Crippen molar-refractivity contribution in [2.24, 2.45) is 0 Å². The fourth-order valence-electron chi connectivity index (χ4n) is 9.02. The largest absolute Gasteiger partial charge is 0.456 e. The van der Waals surface area contributed by atoms with Crippen LogP contribution in [0.3, 0.4) is 0 Å². The molecule has 0 bridgehead atoms. The highest BCUT2D eigenvalue weighted by Crippen LogP contribution is 2.40. The Morgan fingerprint density at radius 2 is 0.788 bits per heavy atom. The highest BCUT2D eigenvalue weighted by atomic mass is 16.3. The van der Waals surface area contributed by atoms with Crippen molar-refractivity contribution in [2.75, 3.05) is 0 Å². The first kappa shape index (κ1) is 28.0. The molecule has 0 unspecified atom stereocenters. The molecule has 0 aliphatic carbocycles. The van der Waals surface area contributed by atoms with E-state index in [4.69, 9.17) is 8.83 Å². The molecular formula is C48H28BNO2. The lowest BCUT2D eigenvalue weighted by atomic mass is 9.35. The molecule has 0 saturated carbocycles. The fourth-order valence-corrected chi connectivity index (χ4v) is 9.02. The van der Waals surface area contributed by atoms with Gasteiger partial charge in [-0.25, -0.2) is 0 Å². The number of hydrogen-bond donors (Lipinski definition) is 0. The van der Waals surface area contributed by atoms with Gasteiger partial charge < -0.3 is 13.4 Å². The van der Waals surface area contributed by atoms with Crippen molar-refractivity contribution in [1.82, 2.24) is 4.57 Å². The lowest BCUT2D eigenvalue weighted by Gasteiger charge is -2.19. The predicted octanol–water partition coefficient (Wildman–Crippen LogP) is 10.7. The average Bonchev–Trinajstić information content (AvgIpc) is 3.84. The standard InChI is InChI=1S/C48H28BNO2/c1-2-12-32-31(11-1)37-27-47-39(35-15-5-9-19-45(35)51-47)25-41(37)49(42-26-40-36-16-6-10-20-46(36)52-48(40)28-38(32)42)29-21-23-30(24-22-29)50-43-17-7-3-13-33(43)34-14-4-8-18-44(34)50/h1-28H. The summed E-state index contributed by atoms with van der Waals surface area (Å²) in [4.78, 5) is 0. The first-order chi connectivity index (χ1) is 25.8. The minimum Gasteiger partial charge on any atom is -0.456 e. The van der Waals surface area contributed by atoms with Crippen molar-refractivity contribution in [3.63, 3.8) is 0 Å². The number of aromatic nitrogens is 1. The smallest absolute Gasteiger partial charge is 0.242 e. The Hall–Kier alpha value is -6.78. The minimum absolute atomic E-state index is 0.0549. The van der Waals surface area contributed by atoms with Gasteiger partial charge in [0.15, 0.2) is 0 Å². The van der Waals surface area contributed by atoms with Crippen LogP contribution in [-0.4, -0.2) is 11.3 Å². The Morgan fingerprint density at radius 1 is 0.346 bits per heavy atom. The van der Waals surface area contributed by atoms with E-state index in [9.17, 15) is 0 Å². The Morgan fingerprint density at radius 3 is 1.31 bits per heavy atom. The Bertz CT molecular complexity index is 3060. The molecule has 0 amide bonds. The van der Waals surface area contributed by atoms with Crippen LogP contribution in [0.2, 0.25) is 0 Å². The Labute approximate surface area is 299 Å². The highest BCUT2D eigenvalue weighted by Gasteiger charge is 2.33.